The summed E-state index contributed by atoms with van der Waals surface area (Å²) in [6.07, 6.45) is 5.09. The standard InChI is InChI=1S/C16H21N3O/c1-11(2)19-10-18-14-9-12(6-7-15(14)19)16(20)13-5-3-4-8-17-13/h6-7,9-11,13,17H,3-5,8H2,1-2H3. The fourth-order valence-corrected chi connectivity index (χ4v) is 2.87. The predicted molar refractivity (Wildman–Crippen MR) is 80.1 cm³/mol. The topological polar surface area (TPSA) is 46.9 Å². The third-order valence-electron chi connectivity index (χ3n) is 4.04. The smallest absolute Gasteiger partial charge is 0.179 e. The van der Waals surface area contributed by atoms with Crippen molar-refractivity contribution in [3.63, 3.8) is 0 Å². The highest BCUT2D eigenvalue weighted by Gasteiger charge is 2.22. The van der Waals surface area contributed by atoms with Gasteiger partial charge in [0.25, 0.3) is 0 Å². The van der Waals surface area contributed by atoms with Gasteiger partial charge in [-0.2, -0.15) is 0 Å². The van der Waals surface area contributed by atoms with Gasteiger partial charge in [-0.25, -0.2) is 4.98 Å². The van der Waals surface area contributed by atoms with E-state index < -0.39 is 0 Å². The van der Waals surface area contributed by atoms with Crippen molar-refractivity contribution in [2.75, 3.05) is 6.54 Å². The van der Waals surface area contributed by atoms with Crippen molar-refractivity contribution in [3.05, 3.63) is 30.1 Å². The number of fused-ring (bicyclic) bond motifs is 1. The number of piperidine rings is 1. The molecule has 0 aliphatic carbocycles. The lowest BCUT2D eigenvalue weighted by molar-refractivity contribution is 0.0927. The predicted octanol–water partition coefficient (Wildman–Crippen LogP) is 2.94. The highest BCUT2D eigenvalue weighted by atomic mass is 16.1. The third kappa shape index (κ3) is 2.36. The summed E-state index contributed by atoms with van der Waals surface area (Å²) in [5.41, 5.74) is 2.76. The molecule has 0 spiro atoms. The molecule has 1 unspecified atom stereocenters. The lowest BCUT2D eigenvalue weighted by Gasteiger charge is -2.22. The van der Waals surface area contributed by atoms with E-state index in [4.69, 9.17) is 0 Å². The first-order valence-electron chi connectivity index (χ1n) is 7.41. The molecular weight excluding hydrogens is 250 g/mol. The summed E-state index contributed by atoms with van der Waals surface area (Å²) in [7, 11) is 0. The molecule has 1 fully saturated rings. The van der Waals surface area contributed by atoms with Crippen LogP contribution >= 0.6 is 0 Å². The Morgan fingerprint density at radius 3 is 2.95 bits per heavy atom. The number of hydrogen-bond acceptors (Lipinski definition) is 3. The van der Waals surface area contributed by atoms with Crippen LogP contribution in [0.25, 0.3) is 11.0 Å². The highest BCUT2D eigenvalue weighted by molar-refractivity contribution is 6.02. The molecule has 20 heavy (non-hydrogen) atoms. The van der Waals surface area contributed by atoms with Gasteiger partial charge >= 0.3 is 0 Å². The molecule has 4 heteroatoms. The van der Waals surface area contributed by atoms with Crippen molar-refractivity contribution < 1.29 is 4.79 Å². The van der Waals surface area contributed by atoms with Crippen molar-refractivity contribution in [3.8, 4) is 0 Å². The summed E-state index contributed by atoms with van der Waals surface area (Å²) >= 11 is 0. The number of nitrogens with zero attached hydrogens (tertiary/aromatic N) is 2. The molecule has 1 atom stereocenters. The molecule has 1 aromatic carbocycles. The first kappa shape index (κ1) is 13.3. The van der Waals surface area contributed by atoms with E-state index in [2.05, 4.69) is 28.7 Å². The number of imidazole rings is 1. The minimum atomic E-state index is -0.0200. The Labute approximate surface area is 119 Å². The van der Waals surface area contributed by atoms with E-state index in [1.807, 2.05) is 24.5 Å². The van der Waals surface area contributed by atoms with Crippen molar-refractivity contribution >= 4 is 16.8 Å². The second-order valence-electron chi connectivity index (χ2n) is 5.82. The van der Waals surface area contributed by atoms with Crippen LogP contribution in [0.5, 0.6) is 0 Å². The van der Waals surface area contributed by atoms with Crippen LogP contribution in [-0.4, -0.2) is 27.9 Å². The average molecular weight is 271 g/mol. The minimum Gasteiger partial charge on any atom is -0.328 e. The molecule has 1 aliphatic rings. The van der Waals surface area contributed by atoms with Gasteiger partial charge in [-0.3, -0.25) is 4.79 Å². The molecule has 1 aliphatic heterocycles. The summed E-state index contributed by atoms with van der Waals surface area (Å²) in [4.78, 5) is 16.9. The molecule has 0 radical (unpaired) electrons. The second-order valence-corrected chi connectivity index (χ2v) is 5.82. The normalized spacial score (nSPS) is 19.6. The SMILES string of the molecule is CC(C)n1cnc2cc(C(=O)C3CCCCN3)ccc21. The Kier molecular flexibility index (Phi) is 3.57. The van der Waals surface area contributed by atoms with Crippen molar-refractivity contribution in [1.82, 2.24) is 14.9 Å². The summed E-state index contributed by atoms with van der Waals surface area (Å²) in [5, 5.41) is 3.31. The molecule has 4 nitrogen and oxygen atoms in total. The molecular formula is C16H21N3O. The van der Waals surface area contributed by atoms with Gasteiger partial charge in [-0.05, 0) is 51.4 Å². The number of nitrogens with one attached hydrogen (secondary N) is 1. The van der Waals surface area contributed by atoms with Gasteiger partial charge in [0.1, 0.15) is 0 Å². The monoisotopic (exact) mass is 271 g/mol. The largest absolute Gasteiger partial charge is 0.328 e. The Hall–Kier alpha value is -1.68. The fraction of sp³-hybridized carbons (Fsp3) is 0.500. The van der Waals surface area contributed by atoms with E-state index in [-0.39, 0.29) is 11.8 Å². The van der Waals surface area contributed by atoms with Crippen LogP contribution in [0.4, 0.5) is 0 Å². The molecule has 1 N–H and O–H groups in total. The first-order valence-corrected chi connectivity index (χ1v) is 7.41. The van der Waals surface area contributed by atoms with E-state index in [1.54, 1.807) is 0 Å². The van der Waals surface area contributed by atoms with Crippen molar-refractivity contribution in [1.29, 1.82) is 0 Å². The molecule has 106 valence electrons. The zero-order chi connectivity index (χ0) is 14.1. The zero-order valence-corrected chi connectivity index (χ0v) is 12.1. The van der Waals surface area contributed by atoms with Gasteiger partial charge in [0, 0.05) is 11.6 Å². The molecule has 1 aromatic heterocycles. The van der Waals surface area contributed by atoms with Gasteiger partial charge in [0.2, 0.25) is 0 Å². The maximum atomic E-state index is 12.5. The molecule has 2 aromatic rings. The van der Waals surface area contributed by atoms with E-state index in [0.29, 0.717) is 6.04 Å². The van der Waals surface area contributed by atoms with Crippen LogP contribution < -0.4 is 5.32 Å². The lowest BCUT2D eigenvalue weighted by atomic mass is 9.96. The molecule has 0 bridgehead atoms. The number of hydrogen-bond donors (Lipinski definition) is 1. The molecule has 0 amide bonds. The molecule has 3 rings (SSSR count). The van der Waals surface area contributed by atoms with Crippen LogP contribution in [0.2, 0.25) is 0 Å². The number of carbonyl (C=O) groups is 1. The molecule has 0 saturated carbocycles. The summed E-state index contributed by atoms with van der Waals surface area (Å²) < 4.78 is 2.13. The molecule has 2 heterocycles. The average Bonchev–Trinajstić information content (AvgIpc) is 2.90. The van der Waals surface area contributed by atoms with Gasteiger partial charge in [-0.15, -0.1) is 0 Å². The fourth-order valence-electron chi connectivity index (χ4n) is 2.87. The van der Waals surface area contributed by atoms with Gasteiger partial charge in [-0.1, -0.05) is 6.42 Å². The second kappa shape index (κ2) is 5.37. The summed E-state index contributed by atoms with van der Waals surface area (Å²) in [5.74, 6) is 0.200. The number of rotatable bonds is 3. The van der Waals surface area contributed by atoms with E-state index in [1.165, 1.54) is 6.42 Å². The Balaban J connectivity index is 1.91. The van der Waals surface area contributed by atoms with Crippen molar-refractivity contribution in [2.45, 2.75) is 45.2 Å². The number of aromatic nitrogens is 2. The van der Waals surface area contributed by atoms with Crippen LogP contribution in [0.15, 0.2) is 24.5 Å². The van der Waals surface area contributed by atoms with E-state index >= 15 is 0 Å². The molecule has 1 saturated heterocycles. The van der Waals surface area contributed by atoms with Gasteiger partial charge in [0.15, 0.2) is 5.78 Å². The van der Waals surface area contributed by atoms with Crippen molar-refractivity contribution in [2.24, 2.45) is 0 Å². The summed E-state index contributed by atoms with van der Waals surface area (Å²) in [6, 6.07) is 6.22. The quantitative estimate of drug-likeness (QED) is 0.873. The van der Waals surface area contributed by atoms with Gasteiger partial charge in [0.05, 0.1) is 23.4 Å². The number of Topliss-reactive ketones (excluding diaryl/α,β-unsaturated/α-hetero) is 1. The van der Waals surface area contributed by atoms with E-state index in [9.17, 15) is 4.79 Å². The maximum Gasteiger partial charge on any atom is 0.179 e. The van der Waals surface area contributed by atoms with Crippen LogP contribution in [0, 0.1) is 0 Å². The van der Waals surface area contributed by atoms with E-state index in [0.717, 1.165) is 36.0 Å². The van der Waals surface area contributed by atoms with Crippen LogP contribution in [0.3, 0.4) is 0 Å². The maximum absolute atomic E-state index is 12.5. The Morgan fingerprint density at radius 1 is 1.40 bits per heavy atom. The minimum absolute atomic E-state index is 0.0200. The summed E-state index contributed by atoms with van der Waals surface area (Å²) in [6.45, 7) is 5.21. The lowest BCUT2D eigenvalue weighted by Crippen LogP contribution is -2.40. The number of benzene rings is 1. The zero-order valence-electron chi connectivity index (χ0n) is 12.1. The first-order chi connectivity index (χ1) is 9.66. The third-order valence-corrected chi connectivity index (χ3v) is 4.04. The van der Waals surface area contributed by atoms with Crippen LogP contribution in [0.1, 0.15) is 49.5 Å². The highest BCUT2D eigenvalue weighted by Crippen LogP contribution is 2.20. The number of carbonyl (C=O) groups excluding carboxylic acids is 1. The Morgan fingerprint density at radius 2 is 2.25 bits per heavy atom. The Bertz CT molecular complexity index is 624. The van der Waals surface area contributed by atoms with Crippen LogP contribution in [-0.2, 0) is 0 Å². The van der Waals surface area contributed by atoms with Gasteiger partial charge < -0.3 is 9.88 Å². The number of ketones is 1.